The summed E-state index contributed by atoms with van der Waals surface area (Å²) >= 11 is 1.30. The zero-order valence-electron chi connectivity index (χ0n) is 11.7. The van der Waals surface area contributed by atoms with Crippen LogP contribution in [-0.2, 0) is 4.74 Å². The van der Waals surface area contributed by atoms with Crippen LogP contribution in [0.5, 0.6) is 0 Å². The van der Waals surface area contributed by atoms with E-state index in [4.69, 9.17) is 15.6 Å². The van der Waals surface area contributed by atoms with Crippen LogP contribution in [0.1, 0.15) is 5.56 Å². The lowest BCUT2D eigenvalue weighted by Gasteiger charge is -2.15. The Morgan fingerprint density at radius 2 is 1.78 bits per heavy atom. The van der Waals surface area contributed by atoms with Gasteiger partial charge >= 0.3 is 0 Å². The normalized spacial score (nSPS) is 15.5. The number of benzene rings is 2. The Morgan fingerprint density at radius 1 is 1.09 bits per heavy atom. The number of anilines is 1. The van der Waals surface area contributed by atoms with Crippen molar-refractivity contribution in [3.63, 3.8) is 0 Å². The molecule has 1 unspecified atom stereocenters. The predicted molar refractivity (Wildman–Crippen MR) is 84.8 cm³/mol. The number of amidine groups is 1. The van der Waals surface area contributed by atoms with Crippen molar-refractivity contribution >= 4 is 29.4 Å². The van der Waals surface area contributed by atoms with Gasteiger partial charge in [0.1, 0.15) is 11.6 Å². The van der Waals surface area contributed by atoms with Crippen LogP contribution < -0.4 is 10.6 Å². The van der Waals surface area contributed by atoms with Gasteiger partial charge in [-0.2, -0.15) is 0 Å². The van der Waals surface area contributed by atoms with E-state index in [0.29, 0.717) is 5.56 Å². The third-order valence-corrected chi connectivity index (χ3v) is 4.11. The molecule has 1 atom stereocenters. The molecule has 23 heavy (non-hydrogen) atoms. The molecule has 8 heteroatoms. The van der Waals surface area contributed by atoms with Crippen molar-refractivity contribution in [1.82, 2.24) is 5.32 Å². The van der Waals surface area contributed by atoms with Crippen molar-refractivity contribution in [3.8, 4) is 0 Å². The van der Waals surface area contributed by atoms with E-state index in [1.165, 1.54) is 48.2 Å². The van der Waals surface area contributed by atoms with Crippen molar-refractivity contribution in [3.05, 3.63) is 59.7 Å². The van der Waals surface area contributed by atoms with Crippen LogP contribution in [0, 0.1) is 22.5 Å². The molecule has 0 saturated heterocycles. The van der Waals surface area contributed by atoms with E-state index in [1.54, 1.807) is 6.07 Å². The zero-order valence-corrected chi connectivity index (χ0v) is 12.5. The smallest absolute Gasteiger partial charge is 0.290 e. The fourth-order valence-electron chi connectivity index (χ4n) is 1.99. The van der Waals surface area contributed by atoms with Gasteiger partial charge in [-0.25, -0.2) is 8.78 Å². The summed E-state index contributed by atoms with van der Waals surface area (Å²) in [6, 6.07) is 9.24. The van der Waals surface area contributed by atoms with Gasteiger partial charge < -0.3 is 15.4 Å². The molecule has 4 N–H and O–H groups in total. The first kappa shape index (κ1) is 15.3. The van der Waals surface area contributed by atoms with E-state index in [2.05, 4.69) is 10.6 Å². The Bertz CT molecular complexity index is 767. The molecule has 0 saturated carbocycles. The summed E-state index contributed by atoms with van der Waals surface area (Å²) in [5, 5.41) is 21.3. The lowest BCUT2D eigenvalue weighted by molar-refractivity contribution is 0.500. The molecule has 0 spiro atoms. The van der Waals surface area contributed by atoms with Gasteiger partial charge in [0, 0.05) is 10.5 Å². The summed E-state index contributed by atoms with van der Waals surface area (Å²) in [6.45, 7) is 0. The second-order valence-corrected chi connectivity index (χ2v) is 5.84. The predicted octanol–water partition coefficient (Wildman–Crippen LogP) is 3.33. The molecule has 0 bridgehead atoms. The minimum absolute atomic E-state index is 0.269. The fraction of sp³-hybridized carbons (Fsp3) is 0.0667. The number of thioether (sulfide) groups is 1. The van der Waals surface area contributed by atoms with E-state index < -0.39 is 11.3 Å². The standard InChI is InChI=1S/C15H12F2N4OS/c16-9-3-1-8(2-4-9)13(18)22-14(19)21-15-20-11-6-5-10(17)7-12(11)23-15/h1-7,15,18,20H,(H2,19,21). The summed E-state index contributed by atoms with van der Waals surface area (Å²) in [6.07, 6.45) is 0. The molecule has 118 valence electrons. The summed E-state index contributed by atoms with van der Waals surface area (Å²) in [4.78, 5) is 0.726. The Kier molecular flexibility index (Phi) is 4.16. The van der Waals surface area contributed by atoms with Gasteiger partial charge in [0.2, 0.25) is 5.90 Å². The molecule has 0 aromatic heterocycles. The van der Waals surface area contributed by atoms with Gasteiger partial charge in [-0.05, 0) is 42.5 Å². The van der Waals surface area contributed by atoms with Crippen molar-refractivity contribution in [2.45, 2.75) is 10.4 Å². The number of rotatable bonds is 2. The molecule has 1 aliphatic rings. The third-order valence-electron chi connectivity index (χ3n) is 3.05. The van der Waals surface area contributed by atoms with Crippen LogP contribution in [0.15, 0.2) is 47.4 Å². The minimum atomic E-state index is -0.411. The van der Waals surface area contributed by atoms with Gasteiger partial charge in [-0.3, -0.25) is 10.8 Å². The van der Waals surface area contributed by atoms with E-state index in [0.717, 1.165) is 10.6 Å². The molecule has 0 amide bonds. The number of hydrogen-bond donors (Lipinski definition) is 4. The van der Waals surface area contributed by atoms with E-state index in [1.807, 2.05) is 0 Å². The number of hydrogen-bond acceptors (Lipinski definition) is 5. The third kappa shape index (κ3) is 3.59. The largest absolute Gasteiger partial charge is 0.407 e. The Morgan fingerprint density at radius 3 is 2.52 bits per heavy atom. The number of nitrogens with one attached hydrogen (secondary N) is 4. The first-order valence-corrected chi connectivity index (χ1v) is 7.49. The highest BCUT2D eigenvalue weighted by atomic mass is 32.2. The lowest BCUT2D eigenvalue weighted by atomic mass is 10.2. The average molecular weight is 334 g/mol. The van der Waals surface area contributed by atoms with Gasteiger partial charge in [0.05, 0.1) is 5.69 Å². The summed E-state index contributed by atoms with van der Waals surface area (Å²) in [5.74, 6) is -1.01. The molecule has 1 heterocycles. The second kappa shape index (κ2) is 6.25. The van der Waals surface area contributed by atoms with E-state index in [-0.39, 0.29) is 17.7 Å². The lowest BCUT2D eigenvalue weighted by Crippen LogP contribution is -2.37. The second-order valence-electron chi connectivity index (χ2n) is 4.69. The Hall–Kier alpha value is -2.61. The molecule has 5 nitrogen and oxygen atoms in total. The van der Waals surface area contributed by atoms with Gasteiger partial charge in [-0.1, -0.05) is 11.8 Å². The van der Waals surface area contributed by atoms with Crippen LogP contribution >= 0.6 is 11.8 Å². The van der Waals surface area contributed by atoms with Crippen LogP contribution in [0.25, 0.3) is 0 Å². The SMILES string of the molecule is N=C(NC1Nc2ccc(F)cc2S1)OC(=N)c1ccc(F)cc1. The van der Waals surface area contributed by atoms with Crippen LogP contribution in [0.4, 0.5) is 14.5 Å². The Balaban J connectivity index is 1.56. The van der Waals surface area contributed by atoms with Crippen LogP contribution in [-0.4, -0.2) is 17.4 Å². The van der Waals surface area contributed by atoms with Crippen LogP contribution in [0.3, 0.4) is 0 Å². The fourth-order valence-corrected chi connectivity index (χ4v) is 3.03. The molecule has 0 fully saturated rings. The quantitative estimate of drug-likeness (QED) is 0.502. The first-order chi connectivity index (χ1) is 11.0. The maximum atomic E-state index is 13.2. The molecule has 2 aromatic carbocycles. The molecule has 0 aliphatic carbocycles. The summed E-state index contributed by atoms with van der Waals surface area (Å²) in [7, 11) is 0. The van der Waals surface area contributed by atoms with Crippen molar-refractivity contribution in [1.29, 1.82) is 10.8 Å². The average Bonchev–Trinajstić information content (AvgIpc) is 2.88. The molecular formula is C15H12F2N4OS. The topological polar surface area (TPSA) is 81.0 Å². The minimum Gasteiger partial charge on any atom is -0.407 e. The van der Waals surface area contributed by atoms with Gasteiger partial charge in [0.15, 0.2) is 5.50 Å². The highest BCUT2D eigenvalue weighted by molar-refractivity contribution is 8.00. The Labute approximate surface area is 135 Å². The number of ether oxygens (including phenoxy) is 1. The molecule has 1 aliphatic heterocycles. The van der Waals surface area contributed by atoms with Gasteiger partial charge in [-0.15, -0.1) is 0 Å². The molecule has 2 aromatic rings. The molecule has 3 rings (SSSR count). The maximum Gasteiger partial charge on any atom is 0.290 e. The number of halogens is 2. The van der Waals surface area contributed by atoms with E-state index >= 15 is 0 Å². The van der Waals surface area contributed by atoms with Crippen molar-refractivity contribution in [2.75, 3.05) is 5.32 Å². The summed E-state index contributed by atoms with van der Waals surface area (Å²) in [5.41, 5.74) is 0.714. The molecule has 0 radical (unpaired) electrons. The van der Waals surface area contributed by atoms with Crippen molar-refractivity contribution < 1.29 is 13.5 Å². The highest BCUT2D eigenvalue weighted by Gasteiger charge is 2.23. The maximum absolute atomic E-state index is 13.2. The first-order valence-electron chi connectivity index (χ1n) is 6.61. The van der Waals surface area contributed by atoms with E-state index in [9.17, 15) is 8.78 Å². The highest BCUT2D eigenvalue weighted by Crippen LogP contribution is 2.37. The molecular weight excluding hydrogens is 322 g/mol. The summed E-state index contributed by atoms with van der Waals surface area (Å²) < 4.78 is 31.1. The monoisotopic (exact) mass is 334 g/mol. The number of fused-ring (bicyclic) bond motifs is 1. The van der Waals surface area contributed by atoms with Crippen molar-refractivity contribution in [2.24, 2.45) is 0 Å². The zero-order chi connectivity index (χ0) is 16.4. The van der Waals surface area contributed by atoms with Crippen LogP contribution in [0.2, 0.25) is 0 Å². The van der Waals surface area contributed by atoms with Gasteiger partial charge in [0.25, 0.3) is 6.02 Å².